The molecule has 1 aliphatic carbocycles. The Kier molecular flexibility index (Phi) is 8.32. The van der Waals surface area contributed by atoms with Crippen molar-refractivity contribution < 1.29 is 23.5 Å². The van der Waals surface area contributed by atoms with Gasteiger partial charge in [-0.25, -0.2) is 9.37 Å². The number of benzene rings is 3. The lowest BCUT2D eigenvalue weighted by atomic mass is 9.70. The minimum atomic E-state index is -1.19. The average Bonchev–Trinajstić information content (AvgIpc) is 3.67. The molecule has 8 nitrogen and oxygen atoms in total. The van der Waals surface area contributed by atoms with Crippen LogP contribution in [0.4, 0.5) is 10.1 Å². The molecular formula is C37H37Cl2FN4O4. The number of fused-ring (bicyclic) bond motifs is 7. The highest BCUT2D eigenvalue weighted by Crippen LogP contribution is 2.64. The van der Waals surface area contributed by atoms with Crippen molar-refractivity contribution in [1.29, 1.82) is 0 Å². The number of hydrogen-bond donors (Lipinski definition) is 1. The molecule has 250 valence electrons. The lowest BCUT2D eigenvalue weighted by molar-refractivity contribution is -0.128. The van der Waals surface area contributed by atoms with Crippen LogP contribution in [0.1, 0.15) is 71.2 Å². The molecule has 4 atom stereocenters. The number of imidazole rings is 1. The van der Waals surface area contributed by atoms with Crippen molar-refractivity contribution in [3.05, 3.63) is 93.0 Å². The molecule has 1 spiro atoms. The van der Waals surface area contributed by atoms with Gasteiger partial charge in [0.1, 0.15) is 17.2 Å². The van der Waals surface area contributed by atoms with E-state index in [2.05, 4.69) is 14.8 Å². The van der Waals surface area contributed by atoms with Gasteiger partial charge in [-0.3, -0.25) is 14.5 Å². The van der Waals surface area contributed by atoms with Crippen molar-refractivity contribution in [1.82, 2.24) is 14.5 Å². The molecule has 8 rings (SSSR count). The fraction of sp³-hybridized carbons (Fsp3) is 0.432. The first-order valence-electron chi connectivity index (χ1n) is 16.7. The molecule has 3 aliphatic heterocycles. The zero-order valence-corrected chi connectivity index (χ0v) is 28.2. The van der Waals surface area contributed by atoms with Crippen LogP contribution in [-0.4, -0.2) is 65.7 Å². The second kappa shape index (κ2) is 12.5. The summed E-state index contributed by atoms with van der Waals surface area (Å²) in [6.07, 6.45) is 3.94. The monoisotopic (exact) mass is 690 g/mol. The summed E-state index contributed by atoms with van der Waals surface area (Å²) in [6, 6.07) is 16.2. The number of ketones is 1. The molecule has 4 aliphatic rings. The summed E-state index contributed by atoms with van der Waals surface area (Å²) in [5.74, 6) is -0.350. The summed E-state index contributed by atoms with van der Waals surface area (Å²) in [4.78, 5) is 35.4. The summed E-state index contributed by atoms with van der Waals surface area (Å²) in [5, 5.41) is 3.68. The van der Waals surface area contributed by atoms with Crippen LogP contribution in [0.3, 0.4) is 0 Å². The Morgan fingerprint density at radius 2 is 1.94 bits per heavy atom. The van der Waals surface area contributed by atoms with E-state index in [4.69, 9.17) is 37.7 Å². The van der Waals surface area contributed by atoms with E-state index in [0.717, 1.165) is 48.2 Å². The van der Waals surface area contributed by atoms with Gasteiger partial charge in [0, 0.05) is 72.9 Å². The highest BCUT2D eigenvalue weighted by atomic mass is 35.5. The van der Waals surface area contributed by atoms with E-state index in [1.807, 2.05) is 30.3 Å². The molecule has 4 aromatic rings. The van der Waals surface area contributed by atoms with Crippen LogP contribution in [0.25, 0.3) is 11.0 Å². The molecule has 4 heterocycles. The Hall–Kier alpha value is -3.34. The van der Waals surface area contributed by atoms with Crippen LogP contribution < -0.4 is 5.32 Å². The van der Waals surface area contributed by atoms with Gasteiger partial charge in [-0.2, -0.15) is 0 Å². The van der Waals surface area contributed by atoms with E-state index in [9.17, 15) is 9.59 Å². The fourth-order valence-corrected chi connectivity index (χ4v) is 8.85. The van der Waals surface area contributed by atoms with E-state index in [0.29, 0.717) is 67.0 Å². The maximum atomic E-state index is 16.3. The molecule has 1 saturated heterocycles. The molecule has 1 amide bonds. The maximum Gasteiger partial charge on any atom is 0.250 e. The molecule has 3 aromatic carbocycles. The van der Waals surface area contributed by atoms with Crippen LogP contribution in [0.5, 0.6) is 0 Å². The number of rotatable bonds is 11. The zero-order chi connectivity index (χ0) is 33.2. The smallest absolute Gasteiger partial charge is 0.250 e. The van der Waals surface area contributed by atoms with Gasteiger partial charge in [-0.15, -0.1) is 0 Å². The van der Waals surface area contributed by atoms with Gasteiger partial charge in [0.05, 0.1) is 29.3 Å². The summed E-state index contributed by atoms with van der Waals surface area (Å²) >= 11 is 12.9. The average molecular weight is 692 g/mol. The Balaban J connectivity index is 1.24. The van der Waals surface area contributed by atoms with E-state index in [-0.39, 0.29) is 28.7 Å². The Labute approximate surface area is 288 Å². The highest BCUT2D eigenvalue weighted by molar-refractivity contribution is 6.31. The van der Waals surface area contributed by atoms with Gasteiger partial charge in [0.2, 0.25) is 5.91 Å². The molecule has 1 N–H and O–H groups in total. The quantitative estimate of drug-likeness (QED) is 0.131. The Bertz CT molecular complexity index is 1930. The van der Waals surface area contributed by atoms with Gasteiger partial charge in [0.15, 0.2) is 5.78 Å². The van der Waals surface area contributed by atoms with Gasteiger partial charge < -0.3 is 19.4 Å². The third-order valence-electron chi connectivity index (χ3n) is 10.7. The fourth-order valence-electron chi connectivity index (χ4n) is 8.49. The number of hydrogen-bond acceptors (Lipinski definition) is 6. The summed E-state index contributed by atoms with van der Waals surface area (Å²) in [5.41, 5.74) is 2.91. The van der Waals surface area contributed by atoms with Crippen LogP contribution in [0.2, 0.25) is 10.0 Å². The number of anilines is 1. The van der Waals surface area contributed by atoms with Crippen LogP contribution in [0, 0.1) is 11.7 Å². The van der Waals surface area contributed by atoms with Crippen molar-refractivity contribution in [2.45, 2.75) is 62.1 Å². The number of carbonyl (C=O) groups excluding carboxylic acids is 2. The first-order valence-corrected chi connectivity index (χ1v) is 17.5. The maximum absolute atomic E-state index is 16.3. The first-order chi connectivity index (χ1) is 23.3. The predicted octanol–water partition coefficient (Wildman–Crippen LogP) is 7.32. The largest absolute Gasteiger partial charge is 0.382 e. The van der Waals surface area contributed by atoms with Gasteiger partial charge in [-0.1, -0.05) is 41.4 Å². The number of nitrogens with one attached hydrogen (secondary N) is 1. The third kappa shape index (κ3) is 5.09. The van der Waals surface area contributed by atoms with Crippen LogP contribution in [-0.2, 0) is 26.4 Å². The van der Waals surface area contributed by atoms with E-state index in [1.54, 1.807) is 31.4 Å². The Morgan fingerprint density at radius 3 is 2.75 bits per heavy atom. The molecule has 11 heteroatoms. The summed E-state index contributed by atoms with van der Waals surface area (Å²) < 4.78 is 29.1. The molecule has 48 heavy (non-hydrogen) atoms. The topological polar surface area (TPSA) is 85.7 Å². The van der Waals surface area contributed by atoms with Gasteiger partial charge in [0.25, 0.3) is 0 Å². The second-order valence-corrected chi connectivity index (χ2v) is 14.3. The number of methoxy groups -OCH3 is 1. The van der Waals surface area contributed by atoms with Crippen molar-refractivity contribution in [2.24, 2.45) is 5.92 Å². The van der Waals surface area contributed by atoms with Crippen molar-refractivity contribution >= 4 is 51.6 Å². The summed E-state index contributed by atoms with van der Waals surface area (Å²) in [7, 11) is 1.63. The zero-order valence-electron chi connectivity index (χ0n) is 26.7. The number of nitrogens with zero attached hydrogens (tertiary/aromatic N) is 3. The number of Topliss-reactive ketones (excluding diaryl/α,β-unsaturated/α-hetero) is 1. The van der Waals surface area contributed by atoms with Crippen LogP contribution >= 0.6 is 23.2 Å². The number of aryl methyl sites for hydroxylation is 1. The van der Waals surface area contributed by atoms with Crippen molar-refractivity contribution in [3.63, 3.8) is 0 Å². The van der Waals surface area contributed by atoms with E-state index < -0.39 is 17.3 Å². The van der Waals surface area contributed by atoms with E-state index >= 15 is 4.39 Å². The number of carbonyl (C=O) groups is 2. The normalized spacial score (nSPS) is 24.6. The summed E-state index contributed by atoms with van der Waals surface area (Å²) in [6.45, 7) is 2.93. The van der Waals surface area contributed by atoms with Crippen LogP contribution in [0.15, 0.2) is 54.6 Å². The first kappa shape index (κ1) is 31.9. The number of aromatic nitrogens is 2. The third-order valence-corrected chi connectivity index (χ3v) is 11.2. The predicted molar refractivity (Wildman–Crippen MR) is 182 cm³/mol. The standard InChI is InChI=1S/C37H37Cl2FN4O4/c1-47-16-17-48-15-3-6-31(45)22-9-12-29-28(18-22)41-35-32-30(13-14-43(29)35)44(20-21-7-8-21)37(33(32)24-4-2-5-26(39)34(24)40)25-11-10-23(38)19-27(25)42-36(37)46/h2,4-5,9-12,18-19,21,30,32-33H,3,6-8,13-17,20H2,1H3,(H,42,46)/t30-,32+,33-,37+/m0/s1. The molecule has 0 radical (unpaired) electrons. The molecule has 0 bridgehead atoms. The molecule has 0 unspecified atom stereocenters. The molecular weight excluding hydrogens is 654 g/mol. The highest BCUT2D eigenvalue weighted by Gasteiger charge is 2.69. The minimum Gasteiger partial charge on any atom is -0.382 e. The molecule has 1 aromatic heterocycles. The van der Waals surface area contributed by atoms with Gasteiger partial charge in [-0.05, 0) is 73.6 Å². The number of amides is 1. The van der Waals surface area contributed by atoms with Crippen molar-refractivity contribution in [2.75, 3.05) is 38.8 Å². The lowest BCUT2D eigenvalue weighted by Gasteiger charge is -2.40. The van der Waals surface area contributed by atoms with E-state index in [1.165, 1.54) is 0 Å². The number of halogens is 3. The molecule has 2 fully saturated rings. The van der Waals surface area contributed by atoms with Crippen molar-refractivity contribution in [3.8, 4) is 0 Å². The number of likely N-dealkylation sites (tertiary alicyclic amines) is 1. The Morgan fingerprint density at radius 1 is 1.08 bits per heavy atom. The lowest BCUT2D eigenvalue weighted by Crippen LogP contribution is -2.53. The number of ether oxygens (including phenoxy) is 2. The molecule has 1 saturated carbocycles. The SMILES string of the molecule is COCCOCCCC(=O)c1ccc2c(c1)nc1n2CC[C@H]2[C@@H]1[C@H](c1cccc(Cl)c1F)[C@]1(C(=O)Nc3cc(Cl)ccc31)N2CC1CC1. The minimum absolute atomic E-state index is 0.0196. The second-order valence-electron chi connectivity index (χ2n) is 13.5. The van der Waals surface area contributed by atoms with Gasteiger partial charge >= 0.3 is 0 Å².